The zero-order valence-corrected chi connectivity index (χ0v) is 12.3. The molecule has 0 spiro atoms. The zero-order chi connectivity index (χ0) is 13.5. The molecule has 1 aromatic carbocycles. The van der Waals surface area contributed by atoms with Crippen LogP contribution in [0, 0.1) is 0 Å². The maximum atomic E-state index is 3.63. The van der Waals surface area contributed by atoms with Gasteiger partial charge in [-0.15, -0.1) is 0 Å². The lowest BCUT2D eigenvalue weighted by molar-refractivity contribution is 0.171. The van der Waals surface area contributed by atoms with Gasteiger partial charge in [0.25, 0.3) is 0 Å². The molecule has 3 heteroatoms. The highest BCUT2D eigenvalue weighted by atomic mass is 15.2. The monoisotopic (exact) mass is 261 g/mol. The average molecular weight is 261 g/mol. The van der Waals surface area contributed by atoms with Crippen molar-refractivity contribution in [3.63, 3.8) is 0 Å². The first-order valence-electron chi connectivity index (χ1n) is 7.56. The molecule has 1 aromatic rings. The Labute approximate surface area is 117 Å². The van der Waals surface area contributed by atoms with Crippen LogP contribution in [0.3, 0.4) is 0 Å². The minimum Gasteiger partial charge on any atom is -0.308 e. The molecule has 0 radical (unpaired) electrons. The summed E-state index contributed by atoms with van der Waals surface area (Å²) in [4.78, 5) is 5.09. The molecule has 1 N–H and O–H groups in total. The highest BCUT2D eigenvalue weighted by Crippen LogP contribution is 2.16. The fourth-order valence-electron chi connectivity index (χ4n) is 2.75. The van der Waals surface area contributed by atoms with Crippen molar-refractivity contribution in [3.05, 3.63) is 35.9 Å². The van der Waals surface area contributed by atoms with Gasteiger partial charge in [0, 0.05) is 38.8 Å². The highest BCUT2D eigenvalue weighted by Gasteiger charge is 2.20. The smallest absolute Gasteiger partial charge is 0.0449 e. The summed E-state index contributed by atoms with van der Waals surface area (Å²) in [5, 5.41) is 3.63. The van der Waals surface area contributed by atoms with E-state index in [1.807, 2.05) is 0 Å². The number of benzene rings is 1. The van der Waals surface area contributed by atoms with Crippen LogP contribution in [-0.4, -0.2) is 55.6 Å². The molecule has 2 rings (SSSR count). The molecule has 1 aliphatic heterocycles. The summed E-state index contributed by atoms with van der Waals surface area (Å²) in [6, 6.07) is 11.3. The largest absolute Gasteiger partial charge is 0.308 e. The fraction of sp³-hybridized carbons (Fsp3) is 0.625. The first kappa shape index (κ1) is 14.5. The summed E-state index contributed by atoms with van der Waals surface area (Å²) < 4.78 is 0. The molecule has 3 nitrogen and oxygen atoms in total. The molecule has 1 heterocycles. The third kappa shape index (κ3) is 4.30. The van der Waals surface area contributed by atoms with Crippen LogP contribution >= 0.6 is 0 Å². The minimum absolute atomic E-state index is 0.492. The molecule has 0 amide bonds. The molecule has 0 aromatic heterocycles. The van der Waals surface area contributed by atoms with E-state index in [0.29, 0.717) is 6.04 Å². The number of nitrogens with zero attached hydrogens (tertiary/aromatic N) is 2. The summed E-state index contributed by atoms with van der Waals surface area (Å²) in [5.74, 6) is 0. The Morgan fingerprint density at radius 3 is 2.63 bits per heavy atom. The number of likely N-dealkylation sites (N-methyl/N-ethyl adjacent to an activating group) is 1. The normalized spacial score (nSPS) is 20.9. The zero-order valence-electron chi connectivity index (χ0n) is 12.3. The van der Waals surface area contributed by atoms with Crippen molar-refractivity contribution in [2.45, 2.75) is 19.9 Å². The Hall–Kier alpha value is -0.900. The van der Waals surface area contributed by atoms with Crippen LogP contribution in [0.4, 0.5) is 0 Å². The number of nitrogens with one attached hydrogen (secondary N) is 1. The average Bonchev–Trinajstić information content (AvgIpc) is 2.49. The van der Waals surface area contributed by atoms with Crippen molar-refractivity contribution in [1.29, 1.82) is 0 Å². The van der Waals surface area contributed by atoms with E-state index in [0.717, 1.165) is 26.2 Å². The predicted molar refractivity (Wildman–Crippen MR) is 81.4 cm³/mol. The van der Waals surface area contributed by atoms with Crippen LogP contribution in [0.2, 0.25) is 0 Å². The van der Waals surface area contributed by atoms with Crippen LogP contribution in [0.5, 0.6) is 0 Å². The number of rotatable bonds is 6. The predicted octanol–water partition coefficient (Wildman–Crippen LogP) is 1.97. The molecule has 1 aliphatic rings. The van der Waals surface area contributed by atoms with Crippen LogP contribution in [-0.2, 0) is 0 Å². The van der Waals surface area contributed by atoms with Crippen LogP contribution in [0.1, 0.15) is 25.5 Å². The number of piperazine rings is 1. The Morgan fingerprint density at radius 2 is 1.95 bits per heavy atom. The third-order valence-electron chi connectivity index (χ3n) is 4.09. The fourth-order valence-corrected chi connectivity index (χ4v) is 2.75. The second-order valence-electron chi connectivity index (χ2n) is 5.24. The van der Waals surface area contributed by atoms with Gasteiger partial charge in [0.2, 0.25) is 0 Å². The molecule has 106 valence electrons. The van der Waals surface area contributed by atoms with Crippen LogP contribution in [0.25, 0.3) is 0 Å². The molecule has 0 saturated carbocycles. The second-order valence-corrected chi connectivity index (χ2v) is 5.24. The van der Waals surface area contributed by atoms with Gasteiger partial charge in [0.1, 0.15) is 0 Å². The maximum Gasteiger partial charge on any atom is 0.0449 e. The van der Waals surface area contributed by atoms with Gasteiger partial charge in [-0.1, -0.05) is 44.2 Å². The van der Waals surface area contributed by atoms with E-state index in [1.54, 1.807) is 0 Å². The molecular weight excluding hydrogens is 234 g/mol. The topological polar surface area (TPSA) is 18.5 Å². The van der Waals surface area contributed by atoms with Gasteiger partial charge < -0.3 is 10.2 Å². The van der Waals surface area contributed by atoms with Gasteiger partial charge in [0.15, 0.2) is 0 Å². The van der Waals surface area contributed by atoms with Crippen molar-refractivity contribution in [3.8, 4) is 0 Å². The van der Waals surface area contributed by atoms with Gasteiger partial charge in [0.05, 0.1) is 0 Å². The molecule has 1 atom stereocenters. The first-order valence-corrected chi connectivity index (χ1v) is 7.56. The lowest BCUT2D eigenvalue weighted by atomic mass is 10.0. The van der Waals surface area contributed by atoms with Crippen molar-refractivity contribution < 1.29 is 0 Å². The lowest BCUT2D eigenvalue weighted by Gasteiger charge is -2.35. The van der Waals surface area contributed by atoms with Crippen molar-refractivity contribution in [2.24, 2.45) is 0 Å². The minimum atomic E-state index is 0.492. The number of hydrogen-bond donors (Lipinski definition) is 1. The summed E-state index contributed by atoms with van der Waals surface area (Å²) >= 11 is 0. The molecule has 19 heavy (non-hydrogen) atoms. The van der Waals surface area contributed by atoms with Gasteiger partial charge in [-0.2, -0.15) is 0 Å². The standard InChI is InChI=1S/C16H27N3/c1-3-18(4-2)12-13-19-11-10-17-16(14-19)15-8-6-5-7-9-15/h5-9,16-17H,3-4,10-14H2,1-2H3. The summed E-state index contributed by atoms with van der Waals surface area (Å²) in [5.41, 5.74) is 1.41. The quantitative estimate of drug-likeness (QED) is 0.845. The van der Waals surface area contributed by atoms with Crippen LogP contribution in [0.15, 0.2) is 30.3 Å². The van der Waals surface area contributed by atoms with E-state index in [-0.39, 0.29) is 0 Å². The molecule has 0 bridgehead atoms. The summed E-state index contributed by atoms with van der Waals surface area (Å²) in [6.07, 6.45) is 0. The van der Waals surface area contributed by atoms with Gasteiger partial charge >= 0.3 is 0 Å². The highest BCUT2D eigenvalue weighted by molar-refractivity contribution is 5.19. The van der Waals surface area contributed by atoms with Gasteiger partial charge in [-0.25, -0.2) is 0 Å². The maximum absolute atomic E-state index is 3.63. The first-order chi connectivity index (χ1) is 9.33. The Kier molecular flexibility index (Phi) is 5.83. The van der Waals surface area contributed by atoms with E-state index in [1.165, 1.54) is 25.2 Å². The van der Waals surface area contributed by atoms with Crippen molar-refractivity contribution in [1.82, 2.24) is 15.1 Å². The van der Waals surface area contributed by atoms with Crippen molar-refractivity contribution >= 4 is 0 Å². The number of hydrogen-bond acceptors (Lipinski definition) is 3. The van der Waals surface area contributed by atoms with Gasteiger partial charge in [-0.05, 0) is 18.7 Å². The van der Waals surface area contributed by atoms with Gasteiger partial charge in [-0.3, -0.25) is 4.90 Å². The Balaban J connectivity index is 1.84. The second kappa shape index (κ2) is 7.63. The van der Waals surface area contributed by atoms with E-state index in [4.69, 9.17) is 0 Å². The van der Waals surface area contributed by atoms with Crippen LogP contribution < -0.4 is 5.32 Å². The molecule has 1 fully saturated rings. The van der Waals surface area contributed by atoms with Crippen molar-refractivity contribution in [2.75, 3.05) is 45.8 Å². The molecule has 1 saturated heterocycles. The molecule has 1 unspecified atom stereocenters. The molecular formula is C16H27N3. The Morgan fingerprint density at radius 1 is 1.21 bits per heavy atom. The summed E-state index contributed by atoms with van der Waals surface area (Å²) in [6.45, 7) is 12.6. The summed E-state index contributed by atoms with van der Waals surface area (Å²) in [7, 11) is 0. The molecule has 0 aliphatic carbocycles. The third-order valence-corrected chi connectivity index (χ3v) is 4.09. The Bertz CT molecular complexity index is 348. The van der Waals surface area contributed by atoms with E-state index in [2.05, 4.69) is 59.3 Å². The van der Waals surface area contributed by atoms with E-state index in [9.17, 15) is 0 Å². The van der Waals surface area contributed by atoms with E-state index >= 15 is 0 Å². The SMILES string of the molecule is CCN(CC)CCN1CCNC(c2ccccc2)C1. The lowest BCUT2D eigenvalue weighted by Crippen LogP contribution is -2.48. The van der Waals surface area contributed by atoms with E-state index < -0.39 is 0 Å².